The third kappa shape index (κ3) is 3.73. The van der Waals surface area contributed by atoms with E-state index in [0.29, 0.717) is 25.9 Å². The van der Waals surface area contributed by atoms with Crippen LogP contribution in [0.25, 0.3) is 0 Å². The summed E-state index contributed by atoms with van der Waals surface area (Å²) in [6, 6.07) is 3.40. The zero-order chi connectivity index (χ0) is 16.8. The number of hydrogen-bond acceptors (Lipinski definition) is 3. The van der Waals surface area contributed by atoms with E-state index >= 15 is 0 Å². The number of phenolic OH excluding ortho intramolecular Hbond substituents is 1. The Morgan fingerprint density at radius 1 is 1.52 bits per heavy atom. The van der Waals surface area contributed by atoms with Gasteiger partial charge in [-0.15, -0.1) is 6.58 Å². The summed E-state index contributed by atoms with van der Waals surface area (Å²) in [5, 5.41) is 13.1. The Morgan fingerprint density at radius 3 is 2.96 bits per heavy atom. The van der Waals surface area contributed by atoms with E-state index in [2.05, 4.69) is 11.9 Å². The van der Waals surface area contributed by atoms with Crippen LogP contribution in [-0.2, 0) is 16.0 Å². The highest BCUT2D eigenvalue weighted by Gasteiger charge is 2.31. The number of carbonyl (C=O) groups excluding carboxylic acids is 2. The van der Waals surface area contributed by atoms with Crippen molar-refractivity contribution in [2.75, 3.05) is 18.0 Å². The number of allylic oxidation sites excluding steroid dienone is 1. The second-order valence-corrected chi connectivity index (χ2v) is 5.83. The summed E-state index contributed by atoms with van der Waals surface area (Å²) in [4.78, 5) is 24.6. The predicted molar refractivity (Wildman–Crippen MR) is 90.7 cm³/mol. The normalized spacial score (nSPS) is 16.0. The fraction of sp³-hybridized carbons (Fsp3) is 0.444. The number of anilines is 1. The SMILES string of the molecule is C=CCc1c(O)ccc2c1C(CCNC(=O)CCC)CN2C=O. The molecule has 1 unspecified atom stereocenters. The van der Waals surface area contributed by atoms with Crippen molar-refractivity contribution in [3.8, 4) is 5.75 Å². The number of aromatic hydroxyl groups is 1. The van der Waals surface area contributed by atoms with Gasteiger partial charge >= 0.3 is 0 Å². The van der Waals surface area contributed by atoms with E-state index in [-0.39, 0.29) is 17.6 Å². The van der Waals surface area contributed by atoms with Crippen LogP contribution in [0.15, 0.2) is 24.8 Å². The molecule has 0 saturated carbocycles. The molecule has 5 heteroatoms. The highest BCUT2D eigenvalue weighted by atomic mass is 16.3. The Morgan fingerprint density at radius 2 is 2.30 bits per heavy atom. The largest absolute Gasteiger partial charge is 0.508 e. The molecular weight excluding hydrogens is 292 g/mol. The number of carbonyl (C=O) groups is 2. The fourth-order valence-corrected chi connectivity index (χ4v) is 3.17. The van der Waals surface area contributed by atoms with Gasteiger partial charge in [0.1, 0.15) is 5.75 Å². The van der Waals surface area contributed by atoms with Gasteiger partial charge in [0.15, 0.2) is 0 Å². The van der Waals surface area contributed by atoms with Gasteiger partial charge in [-0.2, -0.15) is 0 Å². The van der Waals surface area contributed by atoms with Gasteiger partial charge in [-0.3, -0.25) is 9.59 Å². The molecule has 1 heterocycles. The monoisotopic (exact) mass is 316 g/mol. The number of nitrogens with one attached hydrogen (secondary N) is 1. The fourth-order valence-electron chi connectivity index (χ4n) is 3.17. The molecule has 5 nitrogen and oxygen atoms in total. The summed E-state index contributed by atoms with van der Waals surface area (Å²) >= 11 is 0. The Bertz CT molecular complexity index is 598. The lowest BCUT2D eigenvalue weighted by molar-refractivity contribution is -0.121. The number of fused-ring (bicyclic) bond motifs is 1. The summed E-state index contributed by atoms with van der Waals surface area (Å²) in [5.74, 6) is 0.399. The quantitative estimate of drug-likeness (QED) is 0.572. The molecule has 1 aromatic carbocycles. The molecule has 0 saturated heterocycles. The van der Waals surface area contributed by atoms with E-state index in [9.17, 15) is 14.7 Å². The summed E-state index contributed by atoms with van der Waals surface area (Å²) in [5.41, 5.74) is 2.67. The molecule has 0 bridgehead atoms. The molecule has 1 aliphatic rings. The zero-order valence-corrected chi connectivity index (χ0v) is 13.5. The maximum atomic E-state index is 11.6. The molecule has 2 N–H and O–H groups in total. The van der Waals surface area contributed by atoms with Crippen LogP contribution >= 0.6 is 0 Å². The average molecular weight is 316 g/mol. The first-order chi connectivity index (χ1) is 11.1. The lowest BCUT2D eigenvalue weighted by atomic mass is 9.91. The highest BCUT2D eigenvalue weighted by Crippen LogP contribution is 2.42. The molecule has 0 aromatic heterocycles. The van der Waals surface area contributed by atoms with Crippen LogP contribution < -0.4 is 10.2 Å². The predicted octanol–water partition coefficient (Wildman–Crippen LogP) is 2.49. The molecule has 1 aliphatic heterocycles. The summed E-state index contributed by atoms with van der Waals surface area (Å²) < 4.78 is 0. The lowest BCUT2D eigenvalue weighted by Crippen LogP contribution is -2.26. The van der Waals surface area contributed by atoms with Gasteiger partial charge in [0.25, 0.3) is 0 Å². The van der Waals surface area contributed by atoms with Gasteiger partial charge in [0.05, 0.1) is 0 Å². The number of rotatable bonds is 8. The number of hydrogen-bond donors (Lipinski definition) is 2. The van der Waals surface area contributed by atoms with Crippen LogP contribution in [0.4, 0.5) is 5.69 Å². The van der Waals surface area contributed by atoms with E-state index in [0.717, 1.165) is 36.1 Å². The molecule has 23 heavy (non-hydrogen) atoms. The molecule has 0 radical (unpaired) electrons. The Hall–Kier alpha value is -2.30. The van der Waals surface area contributed by atoms with E-state index in [4.69, 9.17) is 0 Å². The molecule has 1 aromatic rings. The molecular formula is C18H24N2O3. The van der Waals surface area contributed by atoms with Crippen molar-refractivity contribution in [2.24, 2.45) is 0 Å². The lowest BCUT2D eigenvalue weighted by Gasteiger charge is -2.15. The minimum Gasteiger partial charge on any atom is -0.508 e. The second-order valence-electron chi connectivity index (χ2n) is 5.83. The van der Waals surface area contributed by atoms with Crippen LogP contribution in [0.1, 0.15) is 43.2 Å². The van der Waals surface area contributed by atoms with Gasteiger partial charge in [0, 0.05) is 36.7 Å². The summed E-state index contributed by atoms with van der Waals surface area (Å²) in [6.07, 6.45) is 5.22. The van der Waals surface area contributed by atoms with Crippen molar-refractivity contribution in [1.82, 2.24) is 5.32 Å². The van der Waals surface area contributed by atoms with Crippen molar-refractivity contribution in [2.45, 2.75) is 38.5 Å². The molecule has 0 fully saturated rings. The Kier molecular flexibility index (Phi) is 5.79. The number of nitrogens with zero attached hydrogens (tertiary/aromatic N) is 1. The standard InChI is InChI=1S/C18H24N2O3/c1-3-5-14-16(22)8-7-15-18(14)13(11-20(15)12-21)9-10-19-17(23)6-4-2/h3,7-8,12-13,22H,1,4-6,9-11H2,2H3,(H,19,23). The molecule has 2 rings (SSSR count). The van der Waals surface area contributed by atoms with Gasteiger partial charge in [-0.05, 0) is 37.0 Å². The van der Waals surface area contributed by atoms with Crippen molar-refractivity contribution >= 4 is 18.0 Å². The average Bonchev–Trinajstić information content (AvgIpc) is 2.88. The maximum Gasteiger partial charge on any atom is 0.219 e. The van der Waals surface area contributed by atoms with Crippen molar-refractivity contribution in [3.05, 3.63) is 35.9 Å². The molecule has 124 valence electrons. The second kappa shape index (κ2) is 7.81. The first-order valence-corrected chi connectivity index (χ1v) is 8.06. The van der Waals surface area contributed by atoms with Crippen LogP contribution in [0.3, 0.4) is 0 Å². The summed E-state index contributed by atoms with van der Waals surface area (Å²) in [6.45, 7) is 6.86. The van der Waals surface area contributed by atoms with Crippen LogP contribution in [-0.4, -0.2) is 30.5 Å². The van der Waals surface area contributed by atoms with E-state index in [1.807, 2.05) is 6.92 Å². The third-order valence-electron chi connectivity index (χ3n) is 4.21. The van der Waals surface area contributed by atoms with E-state index in [1.165, 1.54) is 0 Å². The molecule has 0 aliphatic carbocycles. The minimum absolute atomic E-state index is 0.0557. The van der Waals surface area contributed by atoms with Gasteiger partial charge in [-0.25, -0.2) is 0 Å². The zero-order valence-electron chi connectivity index (χ0n) is 13.5. The minimum atomic E-state index is 0.0557. The van der Waals surface area contributed by atoms with Crippen LogP contribution in [0.5, 0.6) is 5.75 Å². The van der Waals surface area contributed by atoms with Crippen LogP contribution in [0.2, 0.25) is 0 Å². The van der Waals surface area contributed by atoms with Gasteiger partial charge in [-0.1, -0.05) is 13.0 Å². The molecule has 0 spiro atoms. The maximum absolute atomic E-state index is 11.6. The van der Waals surface area contributed by atoms with Crippen LogP contribution in [0, 0.1) is 0 Å². The topological polar surface area (TPSA) is 69.6 Å². The number of phenols is 1. The van der Waals surface area contributed by atoms with Crippen molar-refractivity contribution in [1.29, 1.82) is 0 Å². The summed E-state index contributed by atoms with van der Waals surface area (Å²) in [7, 11) is 0. The molecule has 2 amide bonds. The molecule has 1 atom stereocenters. The smallest absolute Gasteiger partial charge is 0.219 e. The first-order valence-electron chi connectivity index (χ1n) is 8.06. The number of amides is 2. The highest BCUT2D eigenvalue weighted by molar-refractivity contribution is 5.82. The first kappa shape index (κ1) is 17.1. The Labute approximate surface area is 137 Å². The van der Waals surface area contributed by atoms with Crippen molar-refractivity contribution in [3.63, 3.8) is 0 Å². The third-order valence-corrected chi connectivity index (χ3v) is 4.21. The van der Waals surface area contributed by atoms with Crippen molar-refractivity contribution < 1.29 is 14.7 Å². The Balaban J connectivity index is 2.18. The van der Waals surface area contributed by atoms with Gasteiger partial charge < -0.3 is 15.3 Å². The van der Waals surface area contributed by atoms with E-state index in [1.54, 1.807) is 23.1 Å². The number of benzene rings is 1. The van der Waals surface area contributed by atoms with Gasteiger partial charge in [0.2, 0.25) is 12.3 Å². The van der Waals surface area contributed by atoms with E-state index < -0.39 is 0 Å².